The zero-order valence-electron chi connectivity index (χ0n) is 14.2. The SMILES string of the molecule is O=C(NCC1CCCO1)c1cnc(Nc2cccc3cccnc23)cn1. The van der Waals surface area contributed by atoms with Crippen molar-refractivity contribution in [1.29, 1.82) is 0 Å². The Labute approximate surface area is 150 Å². The van der Waals surface area contributed by atoms with Gasteiger partial charge >= 0.3 is 0 Å². The van der Waals surface area contributed by atoms with Gasteiger partial charge in [-0.25, -0.2) is 9.97 Å². The molecular weight excluding hydrogens is 330 g/mol. The molecule has 3 aromatic rings. The second-order valence-electron chi connectivity index (χ2n) is 6.14. The molecule has 1 fully saturated rings. The monoisotopic (exact) mass is 349 g/mol. The average Bonchev–Trinajstić information content (AvgIpc) is 3.21. The van der Waals surface area contributed by atoms with Crippen molar-refractivity contribution in [2.24, 2.45) is 0 Å². The Hall–Kier alpha value is -3.06. The van der Waals surface area contributed by atoms with Crippen molar-refractivity contribution < 1.29 is 9.53 Å². The molecule has 1 amide bonds. The van der Waals surface area contributed by atoms with Crippen LogP contribution in [-0.4, -0.2) is 40.1 Å². The molecule has 4 rings (SSSR count). The van der Waals surface area contributed by atoms with Crippen molar-refractivity contribution in [3.63, 3.8) is 0 Å². The second-order valence-corrected chi connectivity index (χ2v) is 6.14. The molecule has 0 aliphatic carbocycles. The van der Waals surface area contributed by atoms with Crippen LogP contribution in [-0.2, 0) is 4.74 Å². The van der Waals surface area contributed by atoms with Gasteiger partial charge in [-0.3, -0.25) is 9.78 Å². The van der Waals surface area contributed by atoms with Crippen LogP contribution in [0.2, 0.25) is 0 Å². The van der Waals surface area contributed by atoms with E-state index < -0.39 is 0 Å². The number of carbonyl (C=O) groups is 1. The summed E-state index contributed by atoms with van der Waals surface area (Å²) in [7, 11) is 0. The number of nitrogens with one attached hydrogen (secondary N) is 2. The maximum Gasteiger partial charge on any atom is 0.271 e. The molecule has 2 N–H and O–H groups in total. The maximum absolute atomic E-state index is 12.1. The van der Waals surface area contributed by atoms with Crippen LogP contribution in [0.3, 0.4) is 0 Å². The second kappa shape index (κ2) is 7.45. The van der Waals surface area contributed by atoms with Gasteiger partial charge in [-0.15, -0.1) is 0 Å². The fraction of sp³-hybridized carbons (Fsp3) is 0.263. The van der Waals surface area contributed by atoms with Crippen molar-refractivity contribution in [3.8, 4) is 0 Å². The first-order valence-electron chi connectivity index (χ1n) is 8.62. The van der Waals surface area contributed by atoms with E-state index >= 15 is 0 Å². The smallest absolute Gasteiger partial charge is 0.271 e. The number of nitrogens with zero attached hydrogens (tertiary/aromatic N) is 3. The molecule has 2 aromatic heterocycles. The van der Waals surface area contributed by atoms with Gasteiger partial charge in [0.2, 0.25) is 0 Å². The molecule has 7 nitrogen and oxygen atoms in total. The lowest BCUT2D eigenvalue weighted by atomic mass is 10.2. The molecule has 26 heavy (non-hydrogen) atoms. The van der Waals surface area contributed by atoms with Gasteiger partial charge in [-0.2, -0.15) is 0 Å². The first-order valence-corrected chi connectivity index (χ1v) is 8.62. The van der Waals surface area contributed by atoms with Gasteiger partial charge in [0.15, 0.2) is 0 Å². The minimum absolute atomic E-state index is 0.103. The zero-order chi connectivity index (χ0) is 17.8. The van der Waals surface area contributed by atoms with Crippen molar-refractivity contribution in [2.45, 2.75) is 18.9 Å². The van der Waals surface area contributed by atoms with Crippen LogP contribution in [0.5, 0.6) is 0 Å². The number of pyridine rings is 1. The first-order chi connectivity index (χ1) is 12.8. The normalized spacial score (nSPS) is 16.5. The van der Waals surface area contributed by atoms with Crippen LogP contribution in [0.25, 0.3) is 10.9 Å². The van der Waals surface area contributed by atoms with E-state index in [4.69, 9.17) is 4.74 Å². The van der Waals surface area contributed by atoms with Crippen LogP contribution >= 0.6 is 0 Å². The Bertz CT molecular complexity index is 902. The van der Waals surface area contributed by atoms with Gasteiger partial charge in [-0.05, 0) is 25.0 Å². The summed E-state index contributed by atoms with van der Waals surface area (Å²) >= 11 is 0. The topological polar surface area (TPSA) is 89.0 Å². The van der Waals surface area contributed by atoms with Gasteiger partial charge in [0.25, 0.3) is 5.91 Å². The summed E-state index contributed by atoms with van der Waals surface area (Å²) in [5.41, 5.74) is 1.98. The number of anilines is 2. The van der Waals surface area contributed by atoms with Gasteiger partial charge < -0.3 is 15.4 Å². The third-order valence-electron chi connectivity index (χ3n) is 4.29. The highest BCUT2D eigenvalue weighted by molar-refractivity contribution is 5.93. The number of para-hydroxylation sites is 1. The highest BCUT2D eigenvalue weighted by Gasteiger charge is 2.17. The van der Waals surface area contributed by atoms with Crippen LogP contribution in [0.15, 0.2) is 48.9 Å². The van der Waals surface area contributed by atoms with E-state index in [1.807, 2.05) is 30.3 Å². The Morgan fingerprint density at radius 1 is 1.15 bits per heavy atom. The summed E-state index contributed by atoms with van der Waals surface area (Å²) in [4.78, 5) is 25.0. The highest BCUT2D eigenvalue weighted by Crippen LogP contribution is 2.23. The van der Waals surface area contributed by atoms with Crippen molar-refractivity contribution in [3.05, 3.63) is 54.6 Å². The van der Waals surface area contributed by atoms with Crippen LogP contribution < -0.4 is 10.6 Å². The summed E-state index contributed by atoms with van der Waals surface area (Å²) in [6.45, 7) is 1.27. The standard InChI is InChI=1S/C19H19N5O2/c25-19(23-10-14-6-3-9-26-14)16-11-22-17(12-21-16)24-15-7-1-4-13-5-2-8-20-18(13)15/h1-2,4-5,7-8,11-12,14H,3,6,9-10H2,(H,22,24)(H,23,25). The molecule has 0 radical (unpaired) electrons. The molecule has 0 spiro atoms. The third-order valence-corrected chi connectivity index (χ3v) is 4.29. The lowest BCUT2D eigenvalue weighted by Gasteiger charge is -2.11. The maximum atomic E-state index is 12.1. The summed E-state index contributed by atoms with van der Waals surface area (Å²) < 4.78 is 5.49. The van der Waals surface area contributed by atoms with E-state index in [1.54, 1.807) is 12.4 Å². The lowest BCUT2D eigenvalue weighted by Crippen LogP contribution is -2.32. The molecule has 1 aliphatic heterocycles. The number of rotatable bonds is 5. The zero-order valence-corrected chi connectivity index (χ0v) is 14.2. The summed E-state index contributed by atoms with van der Waals surface area (Å²) in [5.74, 6) is 0.310. The van der Waals surface area contributed by atoms with Gasteiger partial charge in [0, 0.05) is 24.7 Å². The molecule has 3 heterocycles. The van der Waals surface area contributed by atoms with Gasteiger partial charge in [0.05, 0.1) is 29.7 Å². The van der Waals surface area contributed by atoms with E-state index in [2.05, 4.69) is 25.6 Å². The summed E-state index contributed by atoms with van der Waals surface area (Å²) in [6.07, 6.45) is 6.89. The Morgan fingerprint density at radius 2 is 2.08 bits per heavy atom. The molecule has 0 bridgehead atoms. The highest BCUT2D eigenvalue weighted by atomic mass is 16.5. The average molecular weight is 349 g/mol. The lowest BCUT2D eigenvalue weighted by molar-refractivity contribution is 0.0853. The minimum atomic E-state index is -0.244. The summed E-state index contributed by atoms with van der Waals surface area (Å²) in [5, 5.41) is 7.08. The van der Waals surface area contributed by atoms with Gasteiger partial charge in [-0.1, -0.05) is 18.2 Å². The number of carbonyl (C=O) groups excluding carboxylic acids is 1. The number of amides is 1. The molecule has 0 saturated carbocycles. The predicted molar refractivity (Wildman–Crippen MR) is 98.4 cm³/mol. The third kappa shape index (κ3) is 3.62. The number of hydrogen-bond acceptors (Lipinski definition) is 6. The molecule has 1 unspecified atom stereocenters. The molecule has 1 aliphatic rings. The molecular formula is C19H19N5O2. The molecule has 132 valence electrons. The van der Waals surface area contributed by atoms with E-state index in [9.17, 15) is 4.79 Å². The largest absolute Gasteiger partial charge is 0.376 e. The number of benzene rings is 1. The van der Waals surface area contributed by atoms with E-state index in [0.717, 1.165) is 36.0 Å². The Morgan fingerprint density at radius 3 is 2.88 bits per heavy atom. The molecule has 1 atom stereocenters. The molecule has 1 saturated heterocycles. The Balaban J connectivity index is 1.43. The summed E-state index contributed by atoms with van der Waals surface area (Å²) in [6, 6.07) is 9.78. The molecule has 7 heteroatoms. The van der Waals surface area contributed by atoms with E-state index in [0.29, 0.717) is 12.4 Å². The number of fused-ring (bicyclic) bond motifs is 1. The number of aromatic nitrogens is 3. The fourth-order valence-corrected chi connectivity index (χ4v) is 2.96. The fourth-order valence-electron chi connectivity index (χ4n) is 2.96. The number of ether oxygens (including phenoxy) is 1. The van der Waals surface area contributed by atoms with Crippen molar-refractivity contribution in [2.75, 3.05) is 18.5 Å². The predicted octanol–water partition coefficient (Wildman–Crippen LogP) is 2.68. The van der Waals surface area contributed by atoms with Crippen LogP contribution in [0, 0.1) is 0 Å². The Kier molecular flexibility index (Phi) is 4.70. The van der Waals surface area contributed by atoms with Crippen molar-refractivity contribution in [1.82, 2.24) is 20.3 Å². The first kappa shape index (κ1) is 16.4. The quantitative estimate of drug-likeness (QED) is 0.736. The van der Waals surface area contributed by atoms with Crippen molar-refractivity contribution >= 4 is 28.3 Å². The van der Waals surface area contributed by atoms with Gasteiger partial charge in [0.1, 0.15) is 11.5 Å². The van der Waals surface area contributed by atoms with E-state index in [1.165, 1.54) is 6.20 Å². The van der Waals surface area contributed by atoms with E-state index in [-0.39, 0.29) is 17.7 Å². The minimum Gasteiger partial charge on any atom is -0.376 e. The molecule has 1 aromatic carbocycles. The van der Waals surface area contributed by atoms with Crippen LogP contribution in [0.4, 0.5) is 11.5 Å². The number of hydrogen-bond donors (Lipinski definition) is 2. The van der Waals surface area contributed by atoms with Crippen LogP contribution in [0.1, 0.15) is 23.3 Å².